The summed E-state index contributed by atoms with van der Waals surface area (Å²) in [5.74, 6) is 0.551. The van der Waals surface area contributed by atoms with Crippen LogP contribution in [-0.2, 0) is 6.42 Å². The van der Waals surface area contributed by atoms with E-state index in [2.05, 4.69) is 41.5 Å². The summed E-state index contributed by atoms with van der Waals surface area (Å²) in [5, 5.41) is 0. The molecule has 0 aromatic heterocycles. The molecule has 0 heterocycles. The molecule has 0 amide bonds. The summed E-state index contributed by atoms with van der Waals surface area (Å²) in [7, 11) is 0. The summed E-state index contributed by atoms with van der Waals surface area (Å²) >= 11 is 0. The van der Waals surface area contributed by atoms with Crippen molar-refractivity contribution in [3.05, 3.63) is 35.6 Å². The van der Waals surface area contributed by atoms with Crippen molar-refractivity contribution in [2.75, 3.05) is 0 Å². The Hall–Kier alpha value is -0.850. The average molecular weight is 292 g/mol. The first-order valence-corrected chi connectivity index (χ1v) is 8.48. The lowest BCUT2D eigenvalue weighted by atomic mass is 9.56. The first kappa shape index (κ1) is 18.2. The molecule has 1 unspecified atom stereocenters. The molecule has 0 aliphatic carbocycles. The molecule has 0 saturated carbocycles. The summed E-state index contributed by atoms with van der Waals surface area (Å²) in [6.07, 6.45) is 5.62. The van der Waals surface area contributed by atoms with Crippen molar-refractivity contribution in [2.24, 2.45) is 16.7 Å². The zero-order chi connectivity index (χ0) is 16.1. The molecule has 1 aromatic carbocycles. The van der Waals surface area contributed by atoms with Gasteiger partial charge in [-0.15, -0.1) is 0 Å². The van der Waals surface area contributed by atoms with Crippen molar-refractivity contribution >= 4 is 0 Å². The van der Waals surface area contributed by atoms with Gasteiger partial charge in [0.1, 0.15) is 5.82 Å². The van der Waals surface area contributed by atoms with Crippen LogP contribution >= 0.6 is 0 Å². The van der Waals surface area contributed by atoms with Crippen LogP contribution in [0.2, 0.25) is 0 Å². The van der Waals surface area contributed by atoms with Crippen molar-refractivity contribution in [3.63, 3.8) is 0 Å². The molecular weight excluding hydrogens is 259 g/mol. The predicted octanol–water partition coefficient (Wildman–Crippen LogP) is 6.64. The number of aryl methyl sites for hydroxylation is 1. The summed E-state index contributed by atoms with van der Waals surface area (Å²) < 4.78 is 13.9. The monoisotopic (exact) mass is 292 g/mol. The van der Waals surface area contributed by atoms with E-state index in [1.807, 2.05) is 12.1 Å². The second-order valence-corrected chi connectivity index (χ2v) is 7.76. The van der Waals surface area contributed by atoms with E-state index in [-0.39, 0.29) is 16.6 Å². The fourth-order valence-corrected chi connectivity index (χ4v) is 3.87. The molecule has 120 valence electrons. The third-order valence-corrected chi connectivity index (χ3v) is 5.37. The van der Waals surface area contributed by atoms with Crippen molar-refractivity contribution in [3.8, 4) is 0 Å². The Labute approximate surface area is 131 Å². The van der Waals surface area contributed by atoms with Crippen LogP contribution in [0, 0.1) is 22.6 Å². The van der Waals surface area contributed by atoms with E-state index in [4.69, 9.17) is 0 Å². The molecule has 0 saturated heterocycles. The zero-order valence-electron chi connectivity index (χ0n) is 14.8. The van der Waals surface area contributed by atoms with Gasteiger partial charge in [-0.05, 0) is 47.6 Å². The maximum absolute atomic E-state index is 13.9. The van der Waals surface area contributed by atoms with Gasteiger partial charge in [-0.1, -0.05) is 72.6 Å². The minimum atomic E-state index is -0.0560. The van der Waals surface area contributed by atoms with E-state index in [0.29, 0.717) is 5.92 Å². The van der Waals surface area contributed by atoms with Crippen molar-refractivity contribution in [2.45, 2.75) is 73.6 Å². The lowest BCUT2D eigenvalue weighted by molar-refractivity contribution is 0.00884. The van der Waals surface area contributed by atoms with E-state index in [0.717, 1.165) is 18.4 Å². The topological polar surface area (TPSA) is 0 Å². The third kappa shape index (κ3) is 4.31. The maximum atomic E-state index is 13.9. The molecule has 0 aliphatic heterocycles. The number of benzene rings is 1. The lowest BCUT2D eigenvalue weighted by Crippen LogP contribution is -2.41. The van der Waals surface area contributed by atoms with Gasteiger partial charge in [0, 0.05) is 0 Å². The number of hydrogen-bond donors (Lipinski definition) is 0. The largest absolute Gasteiger partial charge is 0.207 e. The Kier molecular flexibility index (Phi) is 6.43. The molecule has 0 nitrogen and oxygen atoms in total. The highest BCUT2D eigenvalue weighted by Crippen LogP contribution is 2.51. The van der Waals surface area contributed by atoms with E-state index < -0.39 is 0 Å². The van der Waals surface area contributed by atoms with Gasteiger partial charge in [-0.2, -0.15) is 0 Å². The van der Waals surface area contributed by atoms with Crippen molar-refractivity contribution < 1.29 is 4.39 Å². The Bertz CT molecular complexity index is 428. The Morgan fingerprint density at radius 1 is 1.05 bits per heavy atom. The van der Waals surface area contributed by atoms with E-state index in [1.165, 1.54) is 19.3 Å². The van der Waals surface area contributed by atoms with Gasteiger partial charge in [0.25, 0.3) is 0 Å². The number of unbranched alkanes of at least 4 members (excludes halogenated alkanes) is 1. The van der Waals surface area contributed by atoms with Crippen LogP contribution in [0.15, 0.2) is 24.3 Å². The molecule has 0 N–H and O–H groups in total. The average Bonchev–Trinajstić information content (AvgIpc) is 2.39. The molecule has 0 aliphatic rings. The highest BCUT2D eigenvalue weighted by molar-refractivity contribution is 5.18. The van der Waals surface area contributed by atoms with Gasteiger partial charge in [-0.25, -0.2) is 4.39 Å². The standard InChI is InChI=1S/C20H33F/c1-7-8-14-20(16(2)3,19(4,5)6)15-13-17-11-9-10-12-18(17)21/h9-12,16H,7-8,13-15H2,1-6H3. The van der Waals surface area contributed by atoms with E-state index in [1.54, 1.807) is 12.1 Å². The fourth-order valence-electron chi connectivity index (χ4n) is 3.87. The Morgan fingerprint density at radius 3 is 2.14 bits per heavy atom. The first-order valence-electron chi connectivity index (χ1n) is 8.48. The lowest BCUT2D eigenvalue weighted by Gasteiger charge is -2.49. The fraction of sp³-hybridized carbons (Fsp3) is 0.700. The minimum absolute atomic E-state index is 0.0560. The number of hydrogen-bond acceptors (Lipinski definition) is 0. The molecule has 1 heteroatoms. The number of rotatable bonds is 7. The molecule has 0 fully saturated rings. The van der Waals surface area contributed by atoms with Crippen molar-refractivity contribution in [1.29, 1.82) is 0 Å². The quantitative estimate of drug-likeness (QED) is 0.528. The molecule has 1 aromatic rings. The molecule has 1 rings (SSSR count). The maximum Gasteiger partial charge on any atom is 0.126 e. The SMILES string of the molecule is CCCCC(CCc1ccccc1F)(C(C)C)C(C)(C)C. The Balaban J connectivity index is 2.99. The zero-order valence-corrected chi connectivity index (χ0v) is 14.8. The third-order valence-electron chi connectivity index (χ3n) is 5.37. The van der Waals surface area contributed by atoms with Gasteiger partial charge < -0.3 is 0 Å². The molecule has 0 radical (unpaired) electrons. The second kappa shape index (κ2) is 7.42. The van der Waals surface area contributed by atoms with Crippen LogP contribution in [0.3, 0.4) is 0 Å². The first-order chi connectivity index (χ1) is 9.74. The molecule has 21 heavy (non-hydrogen) atoms. The van der Waals surface area contributed by atoms with Gasteiger partial charge in [0.05, 0.1) is 0 Å². The smallest absolute Gasteiger partial charge is 0.126 e. The van der Waals surface area contributed by atoms with Crippen LogP contribution in [-0.4, -0.2) is 0 Å². The number of halogens is 1. The summed E-state index contributed by atoms with van der Waals surface area (Å²) in [6.45, 7) is 14.0. The van der Waals surface area contributed by atoms with Gasteiger partial charge in [-0.3, -0.25) is 0 Å². The van der Waals surface area contributed by atoms with Crippen LogP contribution in [0.5, 0.6) is 0 Å². The van der Waals surface area contributed by atoms with Crippen molar-refractivity contribution in [1.82, 2.24) is 0 Å². The molecular formula is C20H33F. The molecule has 0 spiro atoms. The van der Waals surface area contributed by atoms with E-state index >= 15 is 0 Å². The second-order valence-electron chi connectivity index (χ2n) is 7.76. The summed E-state index contributed by atoms with van der Waals surface area (Å²) in [4.78, 5) is 0. The normalized spacial score (nSPS) is 15.2. The van der Waals surface area contributed by atoms with Crippen LogP contribution in [0.25, 0.3) is 0 Å². The minimum Gasteiger partial charge on any atom is -0.207 e. The van der Waals surface area contributed by atoms with Crippen LogP contribution in [0.1, 0.15) is 72.8 Å². The molecule has 0 bridgehead atoms. The highest BCUT2D eigenvalue weighted by Gasteiger charge is 2.43. The summed E-state index contributed by atoms with van der Waals surface area (Å²) in [5.41, 5.74) is 1.37. The summed E-state index contributed by atoms with van der Waals surface area (Å²) in [6, 6.07) is 7.23. The van der Waals surface area contributed by atoms with Crippen LogP contribution < -0.4 is 0 Å². The van der Waals surface area contributed by atoms with E-state index in [9.17, 15) is 4.39 Å². The van der Waals surface area contributed by atoms with Crippen LogP contribution in [0.4, 0.5) is 4.39 Å². The van der Waals surface area contributed by atoms with Gasteiger partial charge in [0.15, 0.2) is 0 Å². The predicted molar refractivity (Wildman–Crippen MR) is 91.0 cm³/mol. The Morgan fingerprint density at radius 2 is 1.67 bits per heavy atom. The van der Waals surface area contributed by atoms with Gasteiger partial charge in [0.2, 0.25) is 0 Å². The highest BCUT2D eigenvalue weighted by atomic mass is 19.1. The molecule has 1 atom stereocenters. The van der Waals surface area contributed by atoms with Gasteiger partial charge >= 0.3 is 0 Å².